The molecule has 136 valence electrons. The summed E-state index contributed by atoms with van der Waals surface area (Å²) in [7, 11) is 0. The summed E-state index contributed by atoms with van der Waals surface area (Å²) in [4.78, 5) is 24.0. The average Bonchev–Trinajstić information content (AvgIpc) is 3.09. The van der Waals surface area contributed by atoms with Crippen molar-refractivity contribution >= 4 is 50.9 Å². The number of carbonyl (C=O) groups excluding carboxylic acids is 1. The van der Waals surface area contributed by atoms with Gasteiger partial charge in [-0.2, -0.15) is 0 Å². The number of hydrogen-bond acceptors (Lipinski definition) is 3. The van der Waals surface area contributed by atoms with E-state index in [9.17, 15) is 4.79 Å². The molecule has 0 saturated carbocycles. The molecule has 2 aliphatic rings. The molecule has 0 saturated heterocycles. The number of rotatable bonds is 1. The Morgan fingerprint density at radius 2 is 2.00 bits per heavy atom. The third-order valence-electron chi connectivity index (χ3n) is 5.05. The van der Waals surface area contributed by atoms with Crippen molar-refractivity contribution in [3.63, 3.8) is 0 Å². The lowest BCUT2D eigenvalue weighted by Crippen LogP contribution is -2.34. The van der Waals surface area contributed by atoms with Crippen LogP contribution in [0.4, 0.5) is 5.82 Å². The number of benzene rings is 1. The molecule has 27 heavy (non-hydrogen) atoms. The molecule has 1 atom stereocenters. The number of amides is 1. The van der Waals surface area contributed by atoms with Crippen molar-refractivity contribution < 1.29 is 4.79 Å². The van der Waals surface area contributed by atoms with Crippen LogP contribution in [0.3, 0.4) is 0 Å². The molecule has 0 spiro atoms. The Morgan fingerprint density at radius 1 is 1.22 bits per heavy atom. The van der Waals surface area contributed by atoms with Crippen molar-refractivity contribution in [2.75, 3.05) is 4.90 Å². The molecule has 1 aromatic carbocycles. The second kappa shape index (κ2) is 5.80. The summed E-state index contributed by atoms with van der Waals surface area (Å²) in [5.74, 6) is 0.364. The Morgan fingerprint density at radius 3 is 2.74 bits per heavy atom. The van der Waals surface area contributed by atoms with E-state index < -0.39 is 0 Å². The number of anilines is 1. The van der Waals surface area contributed by atoms with Crippen LogP contribution >= 0.6 is 39.1 Å². The maximum Gasteiger partial charge on any atom is 0.280 e. The molecule has 3 aromatic rings. The standard InChI is InChI=1S/C19H13BrCl2N4O/c1-8(2)25-16-14(24-19(25)20)18(27)26-15(16)10-4-3-9(21)7-11(10)13-12(22)5-6-23-17(13)26/h3-8,15H,1-2H3. The van der Waals surface area contributed by atoms with E-state index in [0.717, 1.165) is 22.4 Å². The smallest absolute Gasteiger partial charge is 0.280 e. The monoisotopic (exact) mass is 462 g/mol. The van der Waals surface area contributed by atoms with Crippen molar-refractivity contribution in [3.8, 4) is 11.1 Å². The molecule has 5 nitrogen and oxygen atoms in total. The molecule has 2 aromatic heterocycles. The number of carbonyl (C=O) groups is 1. The largest absolute Gasteiger partial charge is 0.317 e. The highest BCUT2D eigenvalue weighted by atomic mass is 79.9. The topological polar surface area (TPSA) is 51.0 Å². The van der Waals surface area contributed by atoms with Crippen LogP contribution in [0.5, 0.6) is 0 Å². The van der Waals surface area contributed by atoms with E-state index >= 15 is 0 Å². The highest BCUT2D eigenvalue weighted by Gasteiger charge is 2.49. The fourth-order valence-corrected chi connectivity index (χ4v) is 5.22. The molecule has 0 fully saturated rings. The van der Waals surface area contributed by atoms with Crippen LogP contribution in [0.1, 0.15) is 47.7 Å². The van der Waals surface area contributed by atoms with Crippen LogP contribution < -0.4 is 4.90 Å². The number of fused-ring (bicyclic) bond motifs is 8. The maximum absolute atomic E-state index is 13.3. The zero-order chi connectivity index (χ0) is 19.0. The van der Waals surface area contributed by atoms with Gasteiger partial charge < -0.3 is 4.57 Å². The molecule has 8 heteroatoms. The molecule has 0 radical (unpaired) electrons. The normalized spacial score (nSPS) is 17.0. The van der Waals surface area contributed by atoms with E-state index in [1.165, 1.54) is 0 Å². The van der Waals surface area contributed by atoms with Gasteiger partial charge in [0.15, 0.2) is 10.4 Å². The lowest BCUT2D eigenvalue weighted by molar-refractivity contribution is 0.0988. The molecule has 0 N–H and O–H groups in total. The van der Waals surface area contributed by atoms with E-state index in [1.807, 2.05) is 22.8 Å². The Kier molecular flexibility index (Phi) is 3.70. The summed E-state index contributed by atoms with van der Waals surface area (Å²) < 4.78 is 2.70. The zero-order valence-electron chi connectivity index (χ0n) is 14.4. The first-order chi connectivity index (χ1) is 12.9. The molecule has 4 heterocycles. The van der Waals surface area contributed by atoms with Gasteiger partial charge in [0.1, 0.15) is 11.9 Å². The van der Waals surface area contributed by atoms with Gasteiger partial charge in [0.05, 0.1) is 10.7 Å². The van der Waals surface area contributed by atoms with Gasteiger partial charge in [0, 0.05) is 22.8 Å². The Hall–Kier alpha value is -1.89. The molecule has 1 amide bonds. The van der Waals surface area contributed by atoms with E-state index in [2.05, 4.69) is 39.7 Å². The molecule has 0 aliphatic carbocycles. The molecule has 0 bridgehead atoms. The van der Waals surface area contributed by atoms with E-state index in [4.69, 9.17) is 23.2 Å². The number of halogens is 3. The van der Waals surface area contributed by atoms with Gasteiger partial charge in [-0.05, 0) is 59.1 Å². The summed E-state index contributed by atoms with van der Waals surface area (Å²) in [6, 6.07) is 7.21. The van der Waals surface area contributed by atoms with E-state index in [1.54, 1.807) is 17.2 Å². The fraction of sp³-hybridized carbons (Fsp3) is 0.211. The lowest BCUT2D eigenvalue weighted by atomic mass is 9.89. The molecule has 2 aliphatic heterocycles. The maximum atomic E-state index is 13.3. The number of nitrogens with zero attached hydrogens (tertiary/aromatic N) is 4. The van der Waals surface area contributed by atoms with Crippen molar-refractivity contribution in [1.82, 2.24) is 14.5 Å². The Labute approximate surface area is 174 Å². The second-order valence-electron chi connectivity index (χ2n) is 6.88. The number of imidazole rings is 1. The second-order valence-corrected chi connectivity index (χ2v) is 8.43. The zero-order valence-corrected chi connectivity index (χ0v) is 17.5. The van der Waals surface area contributed by atoms with Gasteiger partial charge in [-0.15, -0.1) is 0 Å². The number of pyridine rings is 1. The molecule has 5 rings (SSSR count). The predicted molar refractivity (Wildman–Crippen MR) is 109 cm³/mol. The summed E-state index contributed by atoms with van der Waals surface area (Å²) >= 11 is 16.3. The van der Waals surface area contributed by atoms with Gasteiger partial charge in [-0.25, -0.2) is 9.97 Å². The van der Waals surface area contributed by atoms with Gasteiger partial charge in [-0.3, -0.25) is 9.69 Å². The number of aromatic nitrogens is 3. The summed E-state index contributed by atoms with van der Waals surface area (Å²) in [5, 5.41) is 1.14. The van der Waals surface area contributed by atoms with Crippen molar-refractivity contribution in [3.05, 3.63) is 62.2 Å². The first-order valence-corrected chi connectivity index (χ1v) is 10.0. The first-order valence-electron chi connectivity index (χ1n) is 8.45. The van der Waals surface area contributed by atoms with Crippen LogP contribution in [0.2, 0.25) is 10.0 Å². The van der Waals surface area contributed by atoms with Crippen LogP contribution in [0, 0.1) is 0 Å². The lowest BCUT2D eigenvalue weighted by Gasteiger charge is -2.34. The first kappa shape index (κ1) is 17.2. The van der Waals surface area contributed by atoms with Gasteiger partial charge in [0.2, 0.25) is 0 Å². The number of hydrogen-bond donors (Lipinski definition) is 0. The van der Waals surface area contributed by atoms with Crippen molar-refractivity contribution in [1.29, 1.82) is 0 Å². The quantitative estimate of drug-likeness (QED) is 0.467. The van der Waals surface area contributed by atoms with Crippen LogP contribution in [0.15, 0.2) is 35.2 Å². The van der Waals surface area contributed by atoms with E-state index in [-0.39, 0.29) is 18.0 Å². The van der Waals surface area contributed by atoms with E-state index in [0.29, 0.717) is 26.3 Å². The minimum Gasteiger partial charge on any atom is -0.317 e. The SMILES string of the molecule is CC(C)n1c(Br)nc2c1C1c3ccc(Cl)cc3-c3c(Cl)ccnc3N1C2=O. The minimum atomic E-state index is -0.320. The fourth-order valence-electron chi connectivity index (χ4n) is 4.03. The highest BCUT2D eigenvalue weighted by Crippen LogP contribution is 2.53. The van der Waals surface area contributed by atoms with Gasteiger partial charge in [0.25, 0.3) is 5.91 Å². The summed E-state index contributed by atoms with van der Waals surface area (Å²) in [5.41, 5.74) is 3.88. The van der Waals surface area contributed by atoms with Gasteiger partial charge in [-0.1, -0.05) is 29.3 Å². The molecule has 1 unspecified atom stereocenters. The molecular formula is C19H13BrCl2N4O. The van der Waals surface area contributed by atoms with Crippen molar-refractivity contribution in [2.24, 2.45) is 0 Å². The Bertz CT molecular complexity index is 1140. The molecular weight excluding hydrogens is 451 g/mol. The van der Waals surface area contributed by atoms with Crippen LogP contribution in [-0.4, -0.2) is 20.4 Å². The summed E-state index contributed by atoms with van der Waals surface area (Å²) in [6.07, 6.45) is 1.61. The average molecular weight is 464 g/mol. The van der Waals surface area contributed by atoms with Gasteiger partial charge >= 0.3 is 0 Å². The van der Waals surface area contributed by atoms with Crippen LogP contribution in [-0.2, 0) is 0 Å². The Balaban J connectivity index is 1.89. The third-order valence-corrected chi connectivity index (χ3v) is 6.16. The minimum absolute atomic E-state index is 0.132. The van der Waals surface area contributed by atoms with Crippen LogP contribution in [0.25, 0.3) is 11.1 Å². The van der Waals surface area contributed by atoms with Crippen molar-refractivity contribution in [2.45, 2.75) is 25.9 Å². The third kappa shape index (κ3) is 2.21. The highest BCUT2D eigenvalue weighted by molar-refractivity contribution is 9.10. The summed E-state index contributed by atoms with van der Waals surface area (Å²) in [6.45, 7) is 4.13. The predicted octanol–water partition coefficient (Wildman–Crippen LogP) is 5.66.